The maximum atomic E-state index is 10.7. The molecule has 3 heterocycles. The fourth-order valence-corrected chi connectivity index (χ4v) is 2.73. The fraction of sp³-hybridized carbons (Fsp3) is 0.462. The number of rotatable bonds is 3. The third kappa shape index (κ3) is 2.69. The lowest BCUT2D eigenvalue weighted by Gasteiger charge is -2.32. The van der Waals surface area contributed by atoms with E-state index < -0.39 is 4.92 Å². The first-order chi connectivity index (χ1) is 10.1. The van der Waals surface area contributed by atoms with E-state index in [1.54, 1.807) is 12.4 Å². The summed E-state index contributed by atoms with van der Waals surface area (Å²) in [6.07, 6.45) is 5.12. The van der Waals surface area contributed by atoms with Crippen LogP contribution in [0.1, 0.15) is 24.6 Å². The summed E-state index contributed by atoms with van der Waals surface area (Å²) in [5, 5.41) is 18.8. The SMILES string of the molecule is Cn1cnnc1C1CCCN(c2ccc([N+](=O)[O-])cn2)C1. The lowest BCUT2D eigenvalue weighted by Crippen LogP contribution is -2.35. The molecule has 0 spiro atoms. The van der Waals surface area contributed by atoms with Gasteiger partial charge in [0, 0.05) is 32.1 Å². The van der Waals surface area contributed by atoms with Gasteiger partial charge < -0.3 is 9.47 Å². The molecule has 0 radical (unpaired) electrons. The van der Waals surface area contributed by atoms with Crippen LogP contribution in [0.4, 0.5) is 11.5 Å². The largest absolute Gasteiger partial charge is 0.356 e. The normalized spacial score (nSPS) is 18.7. The van der Waals surface area contributed by atoms with Crippen molar-refractivity contribution >= 4 is 11.5 Å². The highest BCUT2D eigenvalue weighted by Gasteiger charge is 2.25. The standard InChI is InChI=1S/C13H16N6O2/c1-17-9-15-16-13(17)10-3-2-6-18(8-10)12-5-4-11(7-14-12)19(20)21/h4-5,7,9-10H,2-3,6,8H2,1H3. The topological polar surface area (TPSA) is 90.0 Å². The molecule has 0 N–H and O–H groups in total. The van der Waals surface area contributed by atoms with Crippen molar-refractivity contribution in [2.24, 2.45) is 7.05 Å². The van der Waals surface area contributed by atoms with Crippen LogP contribution in [0.5, 0.6) is 0 Å². The minimum atomic E-state index is -0.435. The predicted octanol–water partition coefficient (Wildman–Crippen LogP) is 1.50. The quantitative estimate of drug-likeness (QED) is 0.628. The summed E-state index contributed by atoms with van der Waals surface area (Å²) in [5.74, 6) is 2.05. The molecule has 1 unspecified atom stereocenters. The molecule has 0 saturated carbocycles. The van der Waals surface area contributed by atoms with Gasteiger partial charge in [0.15, 0.2) is 0 Å². The van der Waals surface area contributed by atoms with Gasteiger partial charge in [-0.15, -0.1) is 10.2 Å². The fourth-order valence-electron chi connectivity index (χ4n) is 2.73. The van der Waals surface area contributed by atoms with Crippen molar-refractivity contribution in [2.45, 2.75) is 18.8 Å². The Labute approximate surface area is 121 Å². The zero-order valence-corrected chi connectivity index (χ0v) is 11.7. The van der Waals surface area contributed by atoms with E-state index in [1.807, 2.05) is 11.6 Å². The van der Waals surface area contributed by atoms with E-state index in [1.165, 1.54) is 12.3 Å². The van der Waals surface area contributed by atoms with Gasteiger partial charge >= 0.3 is 0 Å². The van der Waals surface area contributed by atoms with Gasteiger partial charge in [0.05, 0.1) is 4.92 Å². The van der Waals surface area contributed by atoms with Crippen molar-refractivity contribution in [3.05, 3.63) is 40.6 Å². The Bertz CT molecular complexity index is 638. The second kappa shape index (κ2) is 5.47. The van der Waals surface area contributed by atoms with Gasteiger partial charge in [-0.25, -0.2) is 4.98 Å². The average molecular weight is 288 g/mol. The molecule has 0 amide bonds. The number of aryl methyl sites for hydroxylation is 1. The Morgan fingerprint density at radius 3 is 2.90 bits per heavy atom. The van der Waals surface area contributed by atoms with Crippen LogP contribution in [-0.2, 0) is 7.05 Å². The summed E-state index contributed by atoms with van der Waals surface area (Å²) in [6.45, 7) is 1.70. The van der Waals surface area contributed by atoms with Crippen LogP contribution < -0.4 is 4.90 Å². The van der Waals surface area contributed by atoms with Gasteiger partial charge in [-0.1, -0.05) is 0 Å². The second-order valence-electron chi connectivity index (χ2n) is 5.22. The number of hydrogen-bond acceptors (Lipinski definition) is 6. The Morgan fingerprint density at radius 2 is 2.29 bits per heavy atom. The molecule has 1 atom stereocenters. The summed E-state index contributed by atoms with van der Waals surface area (Å²) in [5.41, 5.74) is 0.0145. The van der Waals surface area contributed by atoms with Crippen molar-refractivity contribution in [2.75, 3.05) is 18.0 Å². The summed E-state index contributed by atoms with van der Waals surface area (Å²) in [7, 11) is 1.94. The van der Waals surface area contributed by atoms with Gasteiger partial charge in [0.1, 0.15) is 24.2 Å². The summed E-state index contributed by atoms with van der Waals surface area (Å²) < 4.78 is 1.94. The van der Waals surface area contributed by atoms with Gasteiger partial charge in [-0.05, 0) is 18.9 Å². The molecule has 8 heteroatoms. The second-order valence-corrected chi connectivity index (χ2v) is 5.22. The highest BCUT2D eigenvalue weighted by atomic mass is 16.6. The minimum Gasteiger partial charge on any atom is -0.356 e. The molecule has 1 aliphatic rings. The van der Waals surface area contributed by atoms with Crippen molar-refractivity contribution in [1.82, 2.24) is 19.7 Å². The van der Waals surface area contributed by atoms with Crippen molar-refractivity contribution in [3.8, 4) is 0 Å². The molecule has 110 valence electrons. The van der Waals surface area contributed by atoms with Gasteiger partial charge in [0.25, 0.3) is 5.69 Å². The van der Waals surface area contributed by atoms with E-state index in [9.17, 15) is 10.1 Å². The zero-order valence-electron chi connectivity index (χ0n) is 11.7. The Kier molecular flexibility index (Phi) is 3.51. The van der Waals surface area contributed by atoms with E-state index >= 15 is 0 Å². The van der Waals surface area contributed by atoms with Crippen molar-refractivity contribution in [1.29, 1.82) is 0 Å². The van der Waals surface area contributed by atoms with E-state index in [0.717, 1.165) is 37.6 Å². The van der Waals surface area contributed by atoms with E-state index in [0.29, 0.717) is 5.92 Å². The number of nitro groups is 1. The van der Waals surface area contributed by atoms with E-state index in [4.69, 9.17) is 0 Å². The maximum absolute atomic E-state index is 10.7. The Balaban J connectivity index is 1.77. The molecule has 1 fully saturated rings. The van der Waals surface area contributed by atoms with Crippen LogP contribution in [0.15, 0.2) is 24.7 Å². The van der Waals surface area contributed by atoms with E-state index in [-0.39, 0.29) is 5.69 Å². The van der Waals surface area contributed by atoms with Crippen LogP contribution >= 0.6 is 0 Å². The van der Waals surface area contributed by atoms with Crippen LogP contribution in [0, 0.1) is 10.1 Å². The lowest BCUT2D eigenvalue weighted by molar-refractivity contribution is -0.385. The van der Waals surface area contributed by atoms with Crippen LogP contribution in [0.2, 0.25) is 0 Å². The molecule has 1 aliphatic heterocycles. The highest BCUT2D eigenvalue weighted by Crippen LogP contribution is 2.28. The summed E-state index contributed by atoms with van der Waals surface area (Å²) in [6, 6.07) is 3.20. The first-order valence-electron chi connectivity index (χ1n) is 6.84. The zero-order chi connectivity index (χ0) is 14.8. The molecule has 2 aromatic rings. The van der Waals surface area contributed by atoms with Gasteiger partial charge in [0.2, 0.25) is 0 Å². The highest BCUT2D eigenvalue weighted by molar-refractivity contribution is 5.43. The molecule has 3 rings (SSSR count). The number of nitrogens with zero attached hydrogens (tertiary/aromatic N) is 6. The molecular formula is C13H16N6O2. The van der Waals surface area contributed by atoms with Gasteiger partial charge in [-0.2, -0.15) is 0 Å². The monoisotopic (exact) mass is 288 g/mol. The maximum Gasteiger partial charge on any atom is 0.287 e. The Morgan fingerprint density at radius 1 is 1.43 bits per heavy atom. The Hall–Kier alpha value is -2.51. The molecule has 1 saturated heterocycles. The smallest absolute Gasteiger partial charge is 0.287 e. The molecule has 2 aromatic heterocycles. The van der Waals surface area contributed by atoms with Crippen molar-refractivity contribution < 1.29 is 4.92 Å². The lowest BCUT2D eigenvalue weighted by atomic mass is 9.97. The third-order valence-corrected chi connectivity index (χ3v) is 3.80. The summed E-state index contributed by atoms with van der Waals surface area (Å²) >= 11 is 0. The molecular weight excluding hydrogens is 272 g/mol. The molecule has 0 aromatic carbocycles. The first-order valence-corrected chi connectivity index (χ1v) is 6.84. The number of piperidine rings is 1. The molecule has 8 nitrogen and oxygen atoms in total. The average Bonchev–Trinajstić information content (AvgIpc) is 2.94. The summed E-state index contributed by atoms with van der Waals surface area (Å²) in [4.78, 5) is 16.6. The van der Waals surface area contributed by atoms with Gasteiger partial charge in [-0.3, -0.25) is 10.1 Å². The van der Waals surface area contributed by atoms with Crippen LogP contribution in [-0.4, -0.2) is 37.8 Å². The molecule has 21 heavy (non-hydrogen) atoms. The number of aromatic nitrogens is 4. The van der Waals surface area contributed by atoms with Crippen LogP contribution in [0.25, 0.3) is 0 Å². The minimum absolute atomic E-state index is 0.0145. The first kappa shape index (κ1) is 13.5. The molecule has 0 aliphatic carbocycles. The molecule has 0 bridgehead atoms. The number of hydrogen-bond donors (Lipinski definition) is 0. The number of anilines is 1. The van der Waals surface area contributed by atoms with Crippen molar-refractivity contribution in [3.63, 3.8) is 0 Å². The third-order valence-electron chi connectivity index (χ3n) is 3.80. The predicted molar refractivity (Wildman–Crippen MR) is 76.1 cm³/mol. The van der Waals surface area contributed by atoms with Crippen LogP contribution in [0.3, 0.4) is 0 Å². The van der Waals surface area contributed by atoms with E-state index in [2.05, 4.69) is 20.1 Å². The number of pyridine rings is 1.